The van der Waals surface area contributed by atoms with E-state index >= 15 is 0 Å². The van der Waals surface area contributed by atoms with Crippen molar-refractivity contribution < 1.29 is 57.1 Å². The highest BCUT2D eigenvalue weighted by atomic mass is 79.9. The van der Waals surface area contributed by atoms with Crippen LogP contribution in [0.1, 0.15) is 41.6 Å². The molecule has 0 fully saturated rings. The Morgan fingerprint density at radius 3 is 1.57 bits per heavy atom. The third-order valence-electron chi connectivity index (χ3n) is 6.46. The van der Waals surface area contributed by atoms with Crippen molar-refractivity contribution in [2.75, 3.05) is 26.4 Å². The van der Waals surface area contributed by atoms with Crippen LogP contribution in [0.25, 0.3) is 5.76 Å². The molecule has 0 heterocycles. The van der Waals surface area contributed by atoms with Crippen molar-refractivity contribution in [2.24, 2.45) is 0 Å². The number of benzene rings is 3. The molecule has 0 aliphatic heterocycles. The van der Waals surface area contributed by atoms with Crippen LogP contribution in [0.3, 0.4) is 0 Å². The Labute approximate surface area is 304 Å². The molecule has 0 saturated carbocycles. The van der Waals surface area contributed by atoms with E-state index in [-0.39, 0.29) is 42.6 Å². The lowest BCUT2D eigenvalue weighted by Gasteiger charge is -2.12. The molecule has 0 radical (unpaired) electrons. The number of hydrogen-bond donors (Lipinski definition) is 0. The average Bonchev–Trinajstić information content (AvgIpc) is 3.12. The summed E-state index contributed by atoms with van der Waals surface area (Å²) >= 11 is 3.39. The predicted molar refractivity (Wildman–Crippen MR) is 191 cm³/mol. The van der Waals surface area contributed by atoms with Crippen molar-refractivity contribution in [3.05, 3.63) is 127 Å². The molecule has 0 N–H and O–H groups in total. The fourth-order valence-corrected chi connectivity index (χ4v) is 4.26. The lowest BCUT2D eigenvalue weighted by molar-refractivity contribution is -0.137. The largest absolute Gasteiger partial charge is 0.513 e. The van der Waals surface area contributed by atoms with Crippen LogP contribution in [0.15, 0.2) is 115 Å². The minimum atomic E-state index is -0.866. The van der Waals surface area contributed by atoms with Crippen molar-refractivity contribution in [3.63, 3.8) is 0 Å². The van der Waals surface area contributed by atoms with Gasteiger partial charge in [0, 0.05) is 11.6 Å². The van der Waals surface area contributed by atoms with Crippen LogP contribution in [-0.4, -0.2) is 50.7 Å². The van der Waals surface area contributed by atoms with E-state index in [4.69, 9.17) is 37.9 Å². The molecule has 0 atom stereocenters. The summed E-state index contributed by atoms with van der Waals surface area (Å²) in [5.41, 5.74) is 0.843. The number of hydrogen-bond acceptors (Lipinski definition) is 12. The number of ether oxygens (including phenoxy) is 8. The van der Waals surface area contributed by atoms with Crippen LogP contribution in [0.5, 0.6) is 23.0 Å². The van der Waals surface area contributed by atoms with Crippen LogP contribution in [-0.2, 0) is 23.7 Å². The van der Waals surface area contributed by atoms with Crippen molar-refractivity contribution >= 4 is 45.9 Å². The Hall–Kier alpha value is -5.82. The summed E-state index contributed by atoms with van der Waals surface area (Å²) < 4.78 is 42.3. The second kappa shape index (κ2) is 21.3. The van der Waals surface area contributed by atoms with Gasteiger partial charge in [0.25, 0.3) is 0 Å². The molecule has 3 rings (SSSR count). The van der Waals surface area contributed by atoms with E-state index in [0.717, 1.165) is 6.08 Å². The first kappa shape index (κ1) is 39.6. The van der Waals surface area contributed by atoms with Crippen LogP contribution >= 0.6 is 15.9 Å². The number of esters is 2. The second-order valence-electron chi connectivity index (χ2n) is 10.3. The van der Waals surface area contributed by atoms with Crippen molar-refractivity contribution in [3.8, 4) is 23.0 Å². The van der Waals surface area contributed by atoms with Gasteiger partial charge < -0.3 is 37.9 Å². The molecule has 3 aromatic carbocycles. The number of rotatable bonds is 20. The number of carbonyl (C=O) groups excluding carboxylic acids is 4. The molecule has 0 aliphatic carbocycles. The smallest absolute Gasteiger partial charge is 0.494 e. The van der Waals surface area contributed by atoms with Crippen molar-refractivity contribution in [2.45, 2.75) is 25.7 Å². The SMILES string of the molecule is C=CC(=C)OCCCCOC(=O)Oc1ccc(C(=O)Oc2ccc(OC(=C)c3ccc(OC(=O)OCCCCOC(=O)C=C)cc3)cc2Br)cc1. The first-order chi connectivity index (χ1) is 24.6. The van der Waals surface area contributed by atoms with Gasteiger partial charge >= 0.3 is 24.2 Å². The zero-order valence-corrected chi connectivity index (χ0v) is 29.4. The summed E-state index contributed by atoms with van der Waals surface area (Å²) in [5, 5.41) is 0. The van der Waals surface area contributed by atoms with Gasteiger partial charge in [-0.1, -0.05) is 26.3 Å². The predicted octanol–water partition coefficient (Wildman–Crippen LogP) is 8.75. The molecule has 0 saturated heterocycles. The van der Waals surface area contributed by atoms with Gasteiger partial charge in [-0.2, -0.15) is 0 Å². The molecular formula is C38H37BrO12. The lowest BCUT2D eigenvalue weighted by Crippen LogP contribution is -2.12. The van der Waals surface area contributed by atoms with Gasteiger partial charge in [0.1, 0.15) is 34.5 Å². The van der Waals surface area contributed by atoms with Crippen molar-refractivity contribution in [1.29, 1.82) is 0 Å². The minimum Gasteiger partial charge on any atom is -0.494 e. The number of allylic oxidation sites excluding steroid dienone is 1. The zero-order valence-electron chi connectivity index (χ0n) is 27.8. The fraction of sp³-hybridized carbons (Fsp3) is 0.211. The maximum Gasteiger partial charge on any atom is 0.513 e. The summed E-state index contributed by atoms with van der Waals surface area (Å²) in [6.07, 6.45) is 3.12. The summed E-state index contributed by atoms with van der Waals surface area (Å²) in [4.78, 5) is 47.6. The molecule has 0 aromatic heterocycles. The van der Waals surface area contributed by atoms with Crippen LogP contribution in [0.4, 0.5) is 9.59 Å². The van der Waals surface area contributed by atoms with Gasteiger partial charge in [0.2, 0.25) is 0 Å². The van der Waals surface area contributed by atoms with Crippen LogP contribution < -0.4 is 18.9 Å². The van der Waals surface area contributed by atoms with E-state index in [1.54, 1.807) is 42.5 Å². The molecule has 0 unspecified atom stereocenters. The Balaban J connectivity index is 1.40. The normalized spacial score (nSPS) is 10.1. The van der Waals surface area contributed by atoms with E-state index in [1.165, 1.54) is 30.3 Å². The third-order valence-corrected chi connectivity index (χ3v) is 7.08. The highest BCUT2D eigenvalue weighted by Gasteiger charge is 2.14. The van der Waals surface area contributed by atoms with Gasteiger partial charge in [-0.15, -0.1) is 0 Å². The molecule has 51 heavy (non-hydrogen) atoms. The highest BCUT2D eigenvalue weighted by Crippen LogP contribution is 2.32. The summed E-state index contributed by atoms with van der Waals surface area (Å²) in [6, 6.07) is 17.0. The molecule has 268 valence electrons. The minimum absolute atomic E-state index is 0.107. The molecule has 0 spiro atoms. The maximum absolute atomic E-state index is 12.8. The Bertz CT molecular complexity index is 1700. The van der Waals surface area contributed by atoms with Gasteiger partial charge in [-0.05, 0) is 114 Å². The van der Waals surface area contributed by atoms with E-state index < -0.39 is 24.2 Å². The van der Waals surface area contributed by atoms with Crippen LogP contribution in [0, 0.1) is 0 Å². The third kappa shape index (κ3) is 14.7. The van der Waals surface area contributed by atoms with E-state index in [9.17, 15) is 19.2 Å². The van der Waals surface area contributed by atoms with Crippen molar-refractivity contribution in [1.82, 2.24) is 0 Å². The topological polar surface area (TPSA) is 142 Å². The number of unbranched alkanes of at least 4 members (excludes halogenated alkanes) is 2. The summed E-state index contributed by atoms with van der Waals surface area (Å²) in [7, 11) is 0. The Morgan fingerprint density at radius 1 is 0.569 bits per heavy atom. The quantitative estimate of drug-likeness (QED) is 0.0159. The highest BCUT2D eigenvalue weighted by molar-refractivity contribution is 9.10. The fourth-order valence-electron chi connectivity index (χ4n) is 3.82. The van der Waals surface area contributed by atoms with Gasteiger partial charge in [-0.25, -0.2) is 19.2 Å². The van der Waals surface area contributed by atoms with Gasteiger partial charge in [0.15, 0.2) is 0 Å². The molecule has 13 heteroatoms. The molecular weight excluding hydrogens is 728 g/mol. The second-order valence-corrected chi connectivity index (χ2v) is 11.1. The monoisotopic (exact) mass is 764 g/mol. The Morgan fingerprint density at radius 2 is 1.06 bits per heavy atom. The molecule has 0 aliphatic rings. The van der Waals surface area contributed by atoms with Gasteiger partial charge in [-0.3, -0.25) is 0 Å². The van der Waals surface area contributed by atoms with E-state index in [1.807, 2.05) is 0 Å². The molecule has 12 nitrogen and oxygen atoms in total. The lowest BCUT2D eigenvalue weighted by atomic mass is 10.2. The zero-order chi connectivity index (χ0) is 37.0. The first-order valence-corrected chi connectivity index (χ1v) is 16.4. The molecule has 0 amide bonds. The van der Waals surface area contributed by atoms with Crippen LogP contribution in [0.2, 0.25) is 0 Å². The number of carbonyl (C=O) groups is 4. The summed E-state index contributed by atoms with van der Waals surface area (Å²) in [6.45, 7) is 15.4. The standard InChI is InChI=1S/C38H37BrO12/c1-5-26(3)44-21-7-9-23-46-38(43)50-31-17-13-29(14-18-31)36(41)51-34-20-19-32(25-33(34)39)48-27(4)28-11-15-30(16-12-28)49-37(42)47-24-10-8-22-45-35(40)6-2/h5-6,11-20,25H,1-4,7-10,21-24H2. The van der Waals surface area contributed by atoms with E-state index in [0.29, 0.717) is 59.6 Å². The molecule has 0 bridgehead atoms. The Kier molecular flexibility index (Phi) is 16.6. The first-order valence-electron chi connectivity index (χ1n) is 15.6. The van der Waals surface area contributed by atoms with Gasteiger partial charge in [0.05, 0.1) is 36.5 Å². The number of halogens is 1. The average molecular weight is 766 g/mol. The molecule has 3 aromatic rings. The summed E-state index contributed by atoms with van der Waals surface area (Å²) in [5.74, 6) is 0.759. The van der Waals surface area contributed by atoms with E-state index in [2.05, 4.69) is 42.2 Å². The maximum atomic E-state index is 12.8.